The molecule has 2 rings (SSSR count). The van der Waals surface area contributed by atoms with Gasteiger partial charge in [0.25, 0.3) is 0 Å². The number of hydrogen-bond acceptors (Lipinski definition) is 4. The molecule has 2 heterocycles. The van der Waals surface area contributed by atoms with Crippen molar-refractivity contribution >= 4 is 9.84 Å². The number of rotatable bonds is 1. The molecule has 4 nitrogen and oxygen atoms in total. The number of likely N-dealkylation sites (tertiary alicyclic amines) is 1. The van der Waals surface area contributed by atoms with Crippen LogP contribution in [0.25, 0.3) is 0 Å². The van der Waals surface area contributed by atoms with E-state index in [4.69, 9.17) is 0 Å². The zero-order valence-electron chi connectivity index (χ0n) is 8.65. The lowest BCUT2D eigenvalue weighted by Gasteiger charge is -2.31. The largest absolute Gasteiger partial charge is 0.305 e. The van der Waals surface area contributed by atoms with Crippen molar-refractivity contribution in [3.63, 3.8) is 0 Å². The summed E-state index contributed by atoms with van der Waals surface area (Å²) in [7, 11) is -0.588. The predicted octanol–water partition coefficient (Wildman–Crippen LogP) is -0.579. The molecule has 82 valence electrons. The van der Waals surface area contributed by atoms with Crippen LogP contribution >= 0.6 is 0 Å². The first-order valence-electron chi connectivity index (χ1n) is 5.20. The Bertz CT molecular complexity index is 288. The van der Waals surface area contributed by atoms with Gasteiger partial charge in [-0.3, -0.25) is 4.90 Å². The summed E-state index contributed by atoms with van der Waals surface area (Å²) >= 11 is 0. The van der Waals surface area contributed by atoms with E-state index < -0.39 is 9.84 Å². The molecule has 1 atom stereocenters. The molecule has 0 saturated carbocycles. The Balaban J connectivity index is 1.89. The van der Waals surface area contributed by atoms with E-state index in [1.165, 1.54) is 6.42 Å². The molecule has 2 aliphatic rings. The van der Waals surface area contributed by atoms with Gasteiger partial charge in [0.05, 0.1) is 11.5 Å². The van der Waals surface area contributed by atoms with Crippen LogP contribution in [0.3, 0.4) is 0 Å². The first-order chi connectivity index (χ1) is 6.57. The summed E-state index contributed by atoms with van der Waals surface area (Å²) in [4.78, 5) is 4.65. The lowest BCUT2D eigenvalue weighted by Crippen LogP contribution is -2.46. The first kappa shape index (κ1) is 10.4. The highest BCUT2D eigenvalue weighted by atomic mass is 32.2. The number of nitrogens with zero attached hydrogens (tertiary/aromatic N) is 2. The molecule has 0 N–H and O–H groups in total. The highest BCUT2D eigenvalue weighted by molar-refractivity contribution is 7.91. The normalized spacial score (nSPS) is 34.8. The average Bonchev–Trinajstić information content (AvgIpc) is 2.52. The van der Waals surface area contributed by atoms with Gasteiger partial charge in [-0.2, -0.15) is 0 Å². The molecule has 0 aliphatic carbocycles. The quantitative estimate of drug-likeness (QED) is 0.590. The summed E-state index contributed by atoms with van der Waals surface area (Å²) in [5.41, 5.74) is 0. The van der Waals surface area contributed by atoms with Gasteiger partial charge < -0.3 is 4.90 Å². The van der Waals surface area contributed by atoms with Gasteiger partial charge in [-0.15, -0.1) is 0 Å². The molecule has 0 amide bonds. The minimum atomic E-state index is -2.71. The van der Waals surface area contributed by atoms with Crippen LogP contribution in [0.2, 0.25) is 0 Å². The minimum absolute atomic E-state index is 0.354. The fourth-order valence-corrected chi connectivity index (χ4v) is 3.53. The lowest BCUT2D eigenvalue weighted by atomic mass is 10.2. The van der Waals surface area contributed by atoms with Crippen molar-refractivity contribution < 1.29 is 8.42 Å². The highest BCUT2D eigenvalue weighted by Crippen LogP contribution is 2.16. The van der Waals surface area contributed by atoms with E-state index in [2.05, 4.69) is 16.8 Å². The molecule has 0 aromatic rings. The molecule has 2 saturated heterocycles. The third-order valence-electron chi connectivity index (χ3n) is 3.26. The fourth-order valence-electron chi connectivity index (χ4n) is 2.30. The van der Waals surface area contributed by atoms with Gasteiger partial charge in [-0.25, -0.2) is 8.42 Å². The van der Waals surface area contributed by atoms with Crippen molar-refractivity contribution in [3.8, 4) is 0 Å². The van der Waals surface area contributed by atoms with Gasteiger partial charge in [0.1, 0.15) is 0 Å². The number of hydrogen-bond donors (Lipinski definition) is 0. The Hall–Kier alpha value is -0.130. The van der Waals surface area contributed by atoms with E-state index in [9.17, 15) is 8.42 Å². The van der Waals surface area contributed by atoms with Crippen LogP contribution in [-0.4, -0.2) is 69.0 Å². The van der Waals surface area contributed by atoms with Crippen LogP contribution < -0.4 is 0 Å². The minimum Gasteiger partial charge on any atom is -0.305 e. The van der Waals surface area contributed by atoms with E-state index >= 15 is 0 Å². The fraction of sp³-hybridized carbons (Fsp3) is 1.00. The summed E-state index contributed by atoms with van der Waals surface area (Å²) < 4.78 is 22.5. The van der Waals surface area contributed by atoms with Crippen LogP contribution in [0, 0.1) is 0 Å². The van der Waals surface area contributed by atoms with Gasteiger partial charge >= 0.3 is 0 Å². The second kappa shape index (κ2) is 3.79. The molecule has 14 heavy (non-hydrogen) atoms. The van der Waals surface area contributed by atoms with Crippen molar-refractivity contribution in [2.75, 3.05) is 44.7 Å². The zero-order chi connectivity index (χ0) is 10.2. The SMILES string of the molecule is CN1CCC(N2CCS(=O)(=O)CC2)C1. The van der Waals surface area contributed by atoms with Gasteiger partial charge in [0, 0.05) is 25.7 Å². The van der Waals surface area contributed by atoms with Crippen molar-refractivity contribution in [1.82, 2.24) is 9.80 Å². The van der Waals surface area contributed by atoms with Crippen molar-refractivity contribution in [2.24, 2.45) is 0 Å². The molecular weight excluding hydrogens is 200 g/mol. The maximum Gasteiger partial charge on any atom is 0.152 e. The van der Waals surface area contributed by atoms with Crippen molar-refractivity contribution in [2.45, 2.75) is 12.5 Å². The second-order valence-electron chi connectivity index (χ2n) is 4.39. The standard InChI is InChI=1S/C9H18N2O2S/c1-10-3-2-9(8-10)11-4-6-14(12,13)7-5-11/h9H,2-8H2,1H3. The Morgan fingerprint density at radius 3 is 2.29 bits per heavy atom. The molecule has 0 aromatic carbocycles. The van der Waals surface area contributed by atoms with Crippen LogP contribution in [0.1, 0.15) is 6.42 Å². The Kier molecular flexibility index (Phi) is 2.81. The topological polar surface area (TPSA) is 40.6 Å². The van der Waals surface area contributed by atoms with Gasteiger partial charge in [0.2, 0.25) is 0 Å². The highest BCUT2D eigenvalue weighted by Gasteiger charge is 2.30. The maximum absolute atomic E-state index is 11.2. The van der Waals surface area contributed by atoms with E-state index in [0.717, 1.165) is 26.2 Å². The zero-order valence-corrected chi connectivity index (χ0v) is 9.46. The van der Waals surface area contributed by atoms with Crippen molar-refractivity contribution in [3.05, 3.63) is 0 Å². The Labute approximate surface area is 85.8 Å². The van der Waals surface area contributed by atoms with E-state index in [-0.39, 0.29) is 0 Å². The number of sulfone groups is 1. The molecule has 2 fully saturated rings. The predicted molar refractivity (Wildman–Crippen MR) is 56.1 cm³/mol. The molecule has 1 unspecified atom stereocenters. The summed E-state index contributed by atoms with van der Waals surface area (Å²) in [6, 6.07) is 0.593. The maximum atomic E-state index is 11.2. The van der Waals surface area contributed by atoms with Gasteiger partial charge in [-0.1, -0.05) is 0 Å². The molecule has 0 bridgehead atoms. The van der Waals surface area contributed by atoms with Crippen LogP contribution in [0.5, 0.6) is 0 Å². The first-order valence-corrected chi connectivity index (χ1v) is 7.02. The third-order valence-corrected chi connectivity index (χ3v) is 4.87. The summed E-state index contributed by atoms with van der Waals surface area (Å²) in [5.74, 6) is 0.709. The van der Waals surface area contributed by atoms with E-state index in [0.29, 0.717) is 17.5 Å². The van der Waals surface area contributed by atoms with E-state index in [1.807, 2.05) is 0 Å². The Morgan fingerprint density at radius 2 is 1.79 bits per heavy atom. The van der Waals surface area contributed by atoms with Gasteiger partial charge in [0.15, 0.2) is 9.84 Å². The number of likely N-dealkylation sites (N-methyl/N-ethyl adjacent to an activating group) is 1. The van der Waals surface area contributed by atoms with E-state index in [1.54, 1.807) is 0 Å². The lowest BCUT2D eigenvalue weighted by molar-refractivity contribution is 0.213. The molecule has 2 aliphatic heterocycles. The van der Waals surface area contributed by atoms with Gasteiger partial charge in [-0.05, 0) is 20.0 Å². The smallest absolute Gasteiger partial charge is 0.152 e. The summed E-state index contributed by atoms with van der Waals surface area (Å²) in [6.45, 7) is 3.72. The molecule has 5 heteroatoms. The molecule has 0 spiro atoms. The van der Waals surface area contributed by atoms with Crippen LogP contribution in [-0.2, 0) is 9.84 Å². The summed E-state index contributed by atoms with van der Waals surface area (Å²) in [5, 5.41) is 0. The van der Waals surface area contributed by atoms with Crippen LogP contribution in [0.15, 0.2) is 0 Å². The second-order valence-corrected chi connectivity index (χ2v) is 6.70. The average molecular weight is 218 g/mol. The monoisotopic (exact) mass is 218 g/mol. The third kappa shape index (κ3) is 2.27. The van der Waals surface area contributed by atoms with Crippen molar-refractivity contribution in [1.29, 1.82) is 0 Å². The Morgan fingerprint density at radius 1 is 1.14 bits per heavy atom. The summed E-state index contributed by atoms with van der Waals surface area (Å²) in [6.07, 6.45) is 1.19. The molecule has 0 radical (unpaired) electrons. The molecule has 0 aromatic heterocycles. The van der Waals surface area contributed by atoms with Crippen LogP contribution in [0.4, 0.5) is 0 Å². The molecular formula is C9H18N2O2S.